The summed E-state index contributed by atoms with van der Waals surface area (Å²) in [5.74, 6) is 0.901. The summed E-state index contributed by atoms with van der Waals surface area (Å²) < 4.78 is 5.50. The highest BCUT2D eigenvalue weighted by Crippen LogP contribution is 2.37. The van der Waals surface area contributed by atoms with Gasteiger partial charge in [-0.3, -0.25) is 0 Å². The van der Waals surface area contributed by atoms with Gasteiger partial charge in [-0.05, 0) is 38.0 Å². The van der Waals surface area contributed by atoms with E-state index in [-0.39, 0.29) is 0 Å². The number of hydrogen-bond acceptors (Lipinski definition) is 4. The minimum absolute atomic E-state index is 0.538. The van der Waals surface area contributed by atoms with Crippen LogP contribution in [0, 0.1) is 20.8 Å². The molecule has 0 atom stereocenters. The number of ether oxygens (including phenoxy) is 1. The van der Waals surface area contributed by atoms with Crippen LogP contribution in [0.5, 0.6) is 5.75 Å². The fraction of sp³-hybridized carbons (Fsp3) is 0.357. The Morgan fingerprint density at radius 1 is 1.28 bits per heavy atom. The third-order valence-corrected chi connectivity index (χ3v) is 4.14. The number of aromatic nitrogens is 1. The Labute approximate surface area is 112 Å². The van der Waals surface area contributed by atoms with Gasteiger partial charge in [0.15, 0.2) is 0 Å². The van der Waals surface area contributed by atoms with Crippen molar-refractivity contribution in [3.8, 4) is 16.3 Å². The van der Waals surface area contributed by atoms with E-state index in [2.05, 4.69) is 31.0 Å². The average molecular weight is 262 g/mol. The summed E-state index contributed by atoms with van der Waals surface area (Å²) in [5.41, 5.74) is 10.1. The van der Waals surface area contributed by atoms with Crippen LogP contribution in [0.1, 0.15) is 21.7 Å². The van der Waals surface area contributed by atoms with Crippen LogP contribution >= 0.6 is 11.3 Å². The van der Waals surface area contributed by atoms with E-state index in [1.807, 2.05) is 6.92 Å². The van der Waals surface area contributed by atoms with Gasteiger partial charge in [-0.1, -0.05) is 6.07 Å². The molecule has 4 heteroatoms. The first-order chi connectivity index (χ1) is 8.56. The normalized spacial score (nSPS) is 10.7. The Kier molecular flexibility index (Phi) is 3.68. The molecular weight excluding hydrogens is 244 g/mol. The second-order valence-corrected chi connectivity index (χ2v) is 5.48. The van der Waals surface area contributed by atoms with E-state index in [9.17, 15) is 0 Å². The van der Waals surface area contributed by atoms with E-state index < -0.39 is 0 Å². The van der Waals surface area contributed by atoms with Crippen LogP contribution in [0.15, 0.2) is 12.1 Å². The number of methoxy groups -OCH3 is 1. The van der Waals surface area contributed by atoms with Crippen LogP contribution < -0.4 is 10.5 Å². The molecule has 0 fully saturated rings. The van der Waals surface area contributed by atoms with Gasteiger partial charge in [0.2, 0.25) is 0 Å². The molecular formula is C14H18N2OS. The predicted molar refractivity (Wildman–Crippen MR) is 76.2 cm³/mol. The summed E-state index contributed by atoms with van der Waals surface area (Å²) in [5, 5.41) is 0.983. The molecule has 18 heavy (non-hydrogen) atoms. The molecule has 2 aromatic rings. The number of aryl methyl sites for hydroxylation is 3. The lowest BCUT2D eigenvalue weighted by atomic mass is 10.1. The van der Waals surface area contributed by atoms with Gasteiger partial charge in [-0.15, -0.1) is 11.3 Å². The topological polar surface area (TPSA) is 48.1 Å². The van der Waals surface area contributed by atoms with E-state index in [0.717, 1.165) is 32.5 Å². The van der Waals surface area contributed by atoms with Crippen LogP contribution in [0.2, 0.25) is 0 Å². The number of hydrogen-bond donors (Lipinski definition) is 1. The molecule has 0 aliphatic heterocycles. The second-order valence-electron chi connectivity index (χ2n) is 4.39. The molecule has 0 aliphatic rings. The van der Waals surface area contributed by atoms with E-state index in [4.69, 9.17) is 10.5 Å². The molecule has 2 N–H and O–H groups in total. The zero-order valence-electron chi connectivity index (χ0n) is 11.2. The molecule has 0 saturated carbocycles. The molecule has 1 aromatic heterocycles. The molecule has 0 amide bonds. The minimum Gasteiger partial charge on any atom is -0.496 e. The third-order valence-electron chi connectivity index (χ3n) is 2.93. The molecule has 1 aromatic carbocycles. The summed E-state index contributed by atoms with van der Waals surface area (Å²) in [6.45, 7) is 6.67. The van der Waals surface area contributed by atoms with Crippen molar-refractivity contribution in [2.45, 2.75) is 27.3 Å². The van der Waals surface area contributed by atoms with E-state index >= 15 is 0 Å². The highest BCUT2D eigenvalue weighted by atomic mass is 32.1. The van der Waals surface area contributed by atoms with Crippen molar-refractivity contribution in [2.24, 2.45) is 5.73 Å². The van der Waals surface area contributed by atoms with E-state index in [1.54, 1.807) is 18.4 Å². The second kappa shape index (κ2) is 5.08. The summed E-state index contributed by atoms with van der Waals surface area (Å²) in [6, 6.07) is 4.23. The molecule has 0 bridgehead atoms. The van der Waals surface area contributed by atoms with Crippen LogP contribution in [0.4, 0.5) is 0 Å². The number of nitrogens with two attached hydrogens (primary N) is 1. The lowest BCUT2D eigenvalue weighted by molar-refractivity contribution is 0.413. The van der Waals surface area contributed by atoms with Gasteiger partial charge in [0.25, 0.3) is 0 Å². The zero-order valence-corrected chi connectivity index (χ0v) is 12.0. The number of rotatable bonds is 3. The molecule has 1 heterocycles. The summed E-state index contributed by atoms with van der Waals surface area (Å²) in [4.78, 5) is 5.73. The van der Waals surface area contributed by atoms with Gasteiger partial charge in [0, 0.05) is 11.4 Å². The summed E-state index contributed by atoms with van der Waals surface area (Å²) in [6.07, 6.45) is 0. The monoisotopic (exact) mass is 262 g/mol. The van der Waals surface area contributed by atoms with Crippen LogP contribution in [-0.2, 0) is 6.54 Å². The van der Waals surface area contributed by atoms with Crippen molar-refractivity contribution in [1.82, 2.24) is 4.98 Å². The van der Waals surface area contributed by atoms with Crippen LogP contribution in [-0.4, -0.2) is 12.1 Å². The van der Waals surface area contributed by atoms with Gasteiger partial charge in [0.1, 0.15) is 10.8 Å². The largest absolute Gasteiger partial charge is 0.496 e. The van der Waals surface area contributed by atoms with Crippen molar-refractivity contribution in [3.63, 3.8) is 0 Å². The zero-order chi connectivity index (χ0) is 13.3. The molecule has 2 rings (SSSR count). The van der Waals surface area contributed by atoms with Crippen molar-refractivity contribution in [2.75, 3.05) is 7.11 Å². The van der Waals surface area contributed by atoms with Crippen molar-refractivity contribution >= 4 is 11.3 Å². The maximum atomic E-state index is 5.71. The fourth-order valence-corrected chi connectivity index (χ4v) is 3.07. The van der Waals surface area contributed by atoms with Crippen molar-refractivity contribution in [3.05, 3.63) is 33.8 Å². The first-order valence-corrected chi connectivity index (χ1v) is 6.70. The first-order valence-electron chi connectivity index (χ1n) is 5.88. The van der Waals surface area contributed by atoms with E-state index in [0.29, 0.717) is 6.54 Å². The molecule has 0 aliphatic carbocycles. The average Bonchev–Trinajstić information content (AvgIpc) is 2.69. The van der Waals surface area contributed by atoms with Crippen LogP contribution in [0.25, 0.3) is 10.6 Å². The SMILES string of the molecule is COc1c(C)cc(C)cc1-c1nc(C)c(CN)s1. The smallest absolute Gasteiger partial charge is 0.132 e. The Morgan fingerprint density at radius 2 is 2.00 bits per heavy atom. The predicted octanol–water partition coefficient (Wildman–Crippen LogP) is 3.20. The third kappa shape index (κ3) is 2.26. The van der Waals surface area contributed by atoms with Gasteiger partial charge in [-0.2, -0.15) is 0 Å². The fourth-order valence-electron chi connectivity index (χ4n) is 2.12. The highest BCUT2D eigenvalue weighted by Gasteiger charge is 2.14. The van der Waals surface area contributed by atoms with Gasteiger partial charge in [-0.25, -0.2) is 4.98 Å². The molecule has 0 unspecified atom stereocenters. The quantitative estimate of drug-likeness (QED) is 0.924. The highest BCUT2D eigenvalue weighted by molar-refractivity contribution is 7.15. The molecule has 0 radical (unpaired) electrons. The standard InChI is InChI=1S/C14H18N2OS/c1-8-5-9(2)13(17-4)11(6-8)14-16-10(3)12(7-15)18-14/h5-6H,7,15H2,1-4H3. The van der Waals surface area contributed by atoms with E-state index in [1.165, 1.54) is 5.56 Å². The Balaban J connectivity index is 2.61. The maximum Gasteiger partial charge on any atom is 0.132 e. The molecule has 0 saturated heterocycles. The summed E-state index contributed by atoms with van der Waals surface area (Å²) >= 11 is 1.64. The van der Waals surface area contributed by atoms with Crippen molar-refractivity contribution < 1.29 is 4.74 Å². The maximum absolute atomic E-state index is 5.71. The van der Waals surface area contributed by atoms with Gasteiger partial charge < -0.3 is 10.5 Å². The Bertz CT molecular complexity index is 575. The van der Waals surface area contributed by atoms with Gasteiger partial charge >= 0.3 is 0 Å². The number of nitrogens with zero attached hydrogens (tertiary/aromatic N) is 1. The minimum atomic E-state index is 0.538. The number of thiazole rings is 1. The van der Waals surface area contributed by atoms with Crippen molar-refractivity contribution in [1.29, 1.82) is 0 Å². The number of benzene rings is 1. The lowest BCUT2D eigenvalue weighted by Crippen LogP contribution is -1.94. The Hall–Kier alpha value is -1.39. The van der Waals surface area contributed by atoms with Gasteiger partial charge in [0.05, 0.1) is 18.4 Å². The van der Waals surface area contributed by atoms with Crippen LogP contribution in [0.3, 0.4) is 0 Å². The molecule has 0 spiro atoms. The Morgan fingerprint density at radius 3 is 2.56 bits per heavy atom. The summed E-state index contributed by atoms with van der Waals surface area (Å²) in [7, 11) is 1.70. The molecule has 3 nitrogen and oxygen atoms in total. The molecule has 96 valence electrons. The first kappa shape index (κ1) is 13.1. The lowest BCUT2D eigenvalue weighted by Gasteiger charge is -2.10.